The Labute approximate surface area is 126 Å². The number of nitrogens with zero attached hydrogens (tertiary/aromatic N) is 2. The number of hydrogen-bond acceptors (Lipinski definition) is 5. The first kappa shape index (κ1) is 15.2. The highest BCUT2D eigenvalue weighted by molar-refractivity contribution is 7.91. The van der Waals surface area contributed by atoms with Gasteiger partial charge in [0.05, 0.1) is 18.1 Å². The zero-order chi connectivity index (χ0) is 15.0. The predicted molar refractivity (Wildman–Crippen MR) is 80.8 cm³/mol. The lowest BCUT2D eigenvalue weighted by molar-refractivity contribution is -0.132. The van der Waals surface area contributed by atoms with Crippen molar-refractivity contribution in [3.8, 4) is 0 Å². The maximum Gasteiger partial charge on any atom is 0.236 e. The monoisotopic (exact) mass is 315 g/mol. The van der Waals surface area contributed by atoms with Gasteiger partial charge in [0, 0.05) is 38.3 Å². The van der Waals surface area contributed by atoms with E-state index >= 15 is 0 Å². The van der Waals surface area contributed by atoms with Gasteiger partial charge in [-0.25, -0.2) is 8.42 Å². The number of hydrogen-bond donors (Lipinski definition) is 1. The molecule has 0 spiro atoms. The van der Waals surface area contributed by atoms with E-state index < -0.39 is 9.84 Å². The molecule has 3 fully saturated rings. The van der Waals surface area contributed by atoms with Crippen molar-refractivity contribution in [3.63, 3.8) is 0 Å². The molecular weight excluding hydrogens is 290 g/mol. The van der Waals surface area contributed by atoms with Crippen LogP contribution in [0.5, 0.6) is 0 Å². The highest BCUT2D eigenvalue weighted by atomic mass is 32.2. The predicted octanol–water partition coefficient (Wildman–Crippen LogP) is -0.542. The van der Waals surface area contributed by atoms with Crippen LogP contribution in [0.25, 0.3) is 0 Å². The molecule has 0 saturated carbocycles. The molecule has 2 bridgehead atoms. The van der Waals surface area contributed by atoms with Crippen LogP contribution in [0.4, 0.5) is 0 Å². The molecule has 0 aromatic rings. The minimum atomic E-state index is -2.94. The van der Waals surface area contributed by atoms with E-state index in [4.69, 9.17) is 0 Å². The largest absolute Gasteiger partial charge is 0.341 e. The SMILES string of the molecule is CN(C(=O)CN1CCC2CCC(C1)N2)C1CCS(=O)(=O)C1. The Hall–Kier alpha value is -0.660. The molecule has 7 heteroatoms. The lowest BCUT2D eigenvalue weighted by atomic mass is 10.1. The fourth-order valence-corrected chi connectivity index (χ4v) is 5.52. The van der Waals surface area contributed by atoms with E-state index in [1.54, 1.807) is 11.9 Å². The third-order valence-corrected chi connectivity index (χ3v) is 6.87. The molecule has 3 atom stereocenters. The number of sulfone groups is 1. The number of carbonyl (C=O) groups is 1. The van der Waals surface area contributed by atoms with Crippen molar-refractivity contribution in [2.24, 2.45) is 0 Å². The van der Waals surface area contributed by atoms with Gasteiger partial charge in [-0.2, -0.15) is 0 Å². The fraction of sp³-hybridized carbons (Fsp3) is 0.929. The van der Waals surface area contributed by atoms with E-state index in [-0.39, 0.29) is 23.5 Å². The Morgan fingerprint density at radius 1 is 1.24 bits per heavy atom. The van der Waals surface area contributed by atoms with Gasteiger partial charge >= 0.3 is 0 Å². The Morgan fingerprint density at radius 3 is 2.71 bits per heavy atom. The molecule has 1 N–H and O–H groups in total. The molecule has 120 valence electrons. The topological polar surface area (TPSA) is 69.7 Å². The van der Waals surface area contributed by atoms with E-state index in [9.17, 15) is 13.2 Å². The summed E-state index contributed by atoms with van der Waals surface area (Å²) in [6, 6.07) is 0.999. The minimum absolute atomic E-state index is 0.0508. The third-order valence-electron chi connectivity index (χ3n) is 5.12. The normalized spacial score (nSPS) is 35.6. The van der Waals surface area contributed by atoms with Crippen molar-refractivity contribution < 1.29 is 13.2 Å². The first-order valence-corrected chi connectivity index (χ1v) is 9.69. The summed E-state index contributed by atoms with van der Waals surface area (Å²) in [5, 5.41) is 3.61. The Balaban J connectivity index is 1.53. The van der Waals surface area contributed by atoms with E-state index in [1.165, 1.54) is 12.8 Å². The molecule has 0 aliphatic carbocycles. The number of likely N-dealkylation sites (N-methyl/N-ethyl adjacent to an activating group) is 1. The van der Waals surface area contributed by atoms with E-state index in [2.05, 4.69) is 10.2 Å². The fourth-order valence-electron chi connectivity index (χ4n) is 3.75. The average Bonchev–Trinajstić information content (AvgIpc) is 2.94. The molecule has 3 heterocycles. The molecule has 3 rings (SSSR count). The number of carbonyl (C=O) groups excluding carboxylic acids is 1. The van der Waals surface area contributed by atoms with Crippen LogP contribution in [0, 0.1) is 0 Å². The smallest absolute Gasteiger partial charge is 0.236 e. The number of nitrogens with one attached hydrogen (secondary N) is 1. The van der Waals surface area contributed by atoms with Gasteiger partial charge in [-0.15, -0.1) is 0 Å². The molecule has 3 aliphatic rings. The van der Waals surface area contributed by atoms with Gasteiger partial charge in [-0.3, -0.25) is 9.69 Å². The van der Waals surface area contributed by atoms with Crippen molar-refractivity contribution in [1.82, 2.24) is 15.1 Å². The minimum Gasteiger partial charge on any atom is -0.341 e. The summed E-state index contributed by atoms with van der Waals surface area (Å²) in [5.41, 5.74) is 0. The number of fused-ring (bicyclic) bond motifs is 2. The molecule has 3 saturated heterocycles. The van der Waals surface area contributed by atoms with Crippen LogP contribution < -0.4 is 5.32 Å². The molecule has 6 nitrogen and oxygen atoms in total. The number of rotatable bonds is 3. The standard InChI is InChI=1S/C14H25N3O3S/c1-16(13-5-7-21(19,20)10-13)14(18)9-17-6-4-11-2-3-12(8-17)15-11/h11-13,15H,2-10H2,1H3. The quantitative estimate of drug-likeness (QED) is 0.757. The zero-order valence-corrected chi connectivity index (χ0v) is 13.4. The zero-order valence-electron chi connectivity index (χ0n) is 12.6. The van der Waals surface area contributed by atoms with Gasteiger partial charge in [0.1, 0.15) is 0 Å². The summed E-state index contributed by atoms with van der Waals surface area (Å²) in [5.74, 6) is 0.392. The molecule has 0 aromatic carbocycles. The van der Waals surface area contributed by atoms with Crippen molar-refractivity contribution in [2.45, 2.75) is 43.8 Å². The van der Waals surface area contributed by atoms with Crippen molar-refractivity contribution in [2.75, 3.05) is 38.2 Å². The van der Waals surface area contributed by atoms with Crippen molar-refractivity contribution >= 4 is 15.7 Å². The second kappa shape index (κ2) is 5.85. The van der Waals surface area contributed by atoms with Crippen LogP contribution in [0.2, 0.25) is 0 Å². The Bertz CT molecular complexity index is 508. The highest BCUT2D eigenvalue weighted by Crippen LogP contribution is 2.21. The van der Waals surface area contributed by atoms with Crippen LogP contribution in [-0.2, 0) is 14.6 Å². The average molecular weight is 315 g/mol. The molecular formula is C14H25N3O3S. The summed E-state index contributed by atoms with van der Waals surface area (Å²) in [4.78, 5) is 16.3. The van der Waals surface area contributed by atoms with Crippen LogP contribution in [0.3, 0.4) is 0 Å². The lowest BCUT2D eigenvalue weighted by Gasteiger charge is -2.28. The van der Waals surface area contributed by atoms with E-state index in [0.717, 1.165) is 19.5 Å². The molecule has 0 radical (unpaired) electrons. The van der Waals surface area contributed by atoms with E-state index in [1.807, 2.05) is 0 Å². The van der Waals surface area contributed by atoms with E-state index in [0.29, 0.717) is 25.0 Å². The van der Waals surface area contributed by atoms with Crippen LogP contribution in [0.1, 0.15) is 25.7 Å². The Morgan fingerprint density at radius 2 is 2.00 bits per heavy atom. The highest BCUT2D eigenvalue weighted by Gasteiger charge is 2.34. The molecule has 3 unspecified atom stereocenters. The van der Waals surface area contributed by atoms with Gasteiger partial charge < -0.3 is 10.2 Å². The van der Waals surface area contributed by atoms with Gasteiger partial charge in [-0.1, -0.05) is 0 Å². The molecule has 0 aromatic heterocycles. The van der Waals surface area contributed by atoms with Gasteiger partial charge in [0.15, 0.2) is 9.84 Å². The number of amides is 1. The van der Waals surface area contributed by atoms with Gasteiger partial charge in [0.25, 0.3) is 0 Å². The first-order chi connectivity index (χ1) is 9.93. The summed E-state index contributed by atoms with van der Waals surface area (Å²) in [6.07, 6.45) is 4.14. The van der Waals surface area contributed by atoms with Crippen LogP contribution in [-0.4, -0.2) is 80.4 Å². The second-order valence-corrected chi connectivity index (χ2v) is 8.95. The number of likely N-dealkylation sites (tertiary alicyclic amines) is 1. The maximum atomic E-state index is 12.4. The second-order valence-electron chi connectivity index (χ2n) is 6.72. The summed E-state index contributed by atoms with van der Waals surface area (Å²) >= 11 is 0. The molecule has 21 heavy (non-hydrogen) atoms. The van der Waals surface area contributed by atoms with Gasteiger partial charge in [-0.05, 0) is 25.7 Å². The summed E-state index contributed by atoms with van der Waals surface area (Å²) in [6.45, 7) is 2.30. The lowest BCUT2D eigenvalue weighted by Crippen LogP contribution is -2.45. The Kier molecular flexibility index (Phi) is 4.25. The molecule has 3 aliphatic heterocycles. The first-order valence-electron chi connectivity index (χ1n) is 7.87. The summed E-state index contributed by atoms with van der Waals surface area (Å²) in [7, 11) is -1.19. The van der Waals surface area contributed by atoms with Crippen LogP contribution in [0.15, 0.2) is 0 Å². The molecule has 1 amide bonds. The van der Waals surface area contributed by atoms with Crippen molar-refractivity contribution in [1.29, 1.82) is 0 Å². The van der Waals surface area contributed by atoms with Crippen molar-refractivity contribution in [3.05, 3.63) is 0 Å². The third kappa shape index (κ3) is 3.57. The van der Waals surface area contributed by atoms with Crippen LogP contribution >= 0.6 is 0 Å². The van der Waals surface area contributed by atoms with Gasteiger partial charge in [0.2, 0.25) is 5.91 Å². The summed E-state index contributed by atoms with van der Waals surface area (Å²) < 4.78 is 23.1. The maximum absolute atomic E-state index is 12.4.